The lowest BCUT2D eigenvalue weighted by Gasteiger charge is -2.21. The molecule has 6 rings (SSSR count). The Morgan fingerprint density at radius 2 is 0.922 bits per heavy atom. The number of nitrogens with zero attached hydrogens (tertiary/aromatic N) is 4. The Bertz CT molecular complexity index is 2490. The van der Waals surface area contributed by atoms with Crippen LogP contribution < -0.4 is 14.2 Å². The van der Waals surface area contributed by atoms with Crippen molar-refractivity contribution in [3.8, 4) is 23.0 Å². The summed E-state index contributed by atoms with van der Waals surface area (Å²) < 4.78 is 34.2. The molecule has 1 aliphatic rings. The van der Waals surface area contributed by atoms with Crippen LogP contribution >= 0.6 is 0 Å². The second kappa shape index (κ2) is 21.3. The minimum atomic E-state index is -0.801. The fourth-order valence-corrected chi connectivity index (χ4v) is 7.16. The highest BCUT2D eigenvalue weighted by atomic mass is 16.6. The zero-order valence-electron chi connectivity index (χ0n) is 35.2. The molecule has 332 valence electrons. The zero-order valence-corrected chi connectivity index (χ0v) is 35.2. The van der Waals surface area contributed by atoms with Crippen molar-refractivity contribution in [2.45, 2.75) is 46.5 Å². The molecule has 18 nitrogen and oxygen atoms in total. The van der Waals surface area contributed by atoms with Crippen LogP contribution in [0.15, 0.2) is 95.2 Å². The van der Waals surface area contributed by atoms with Gasteiger partial charge in [0.1, 0.15) is 23.0 Å². The largest absolute Gasteiger partial charge is 0.507 e. The van der Waals surface area contributed by atoms with E-state index in [4.69, 9.17) is 28.4 Å². The Labute approximate surface area is 366 Å². The molecule has 0 saturated carbocycles. The van der Waals surface area contributed by atoms with Gasteiger partial charge in [0.15, 0.2) is 25.5 Å². The summed E-state index contributed by atoms with van der Waals surface area (Å²) in [4.78, 5) is 59.7. The van der Waals surface area contributed by atoms with E-state index in [1.165, 1.54) is 12.1 Å². The fourth-order valence-electron chi connectivity index (χ4n) is 7.16. The number of ether oxygens (including phenoxy) is 6. The molecule has 18 heteroatoms. The van der Waals surface area contributed by atoms with E-state index in [0.717, 1.165) is 18.2 Å². The van der Waals surface area contributed by atoms with E-state index in [9.17, 15) is 39.7 Å². The number of azo groups is 1. The normalized spacial score (nSPS) is 11.9. The molecule has 5 aromatic carbocycles. The Hall–Kier alpha value is -7.89. The van der Waals surface area contributed by atoms with E-state index in [-0.39, 0.29) is 69.2 Å². The Morgan fingerprint density at radius 3 is 1.27 bits per heavy atom. The summed E-state index contributed by atoms with van der Waals surface area (Å²) in [6.45, 7) is 4.19. The number of benzene rings is 5. The van der Waals surface area contributed by atoms with Crippen LogP contribution in [0.2, 0.25) is 0 Å². The summed E-state index contributed by atoms with van der Waals surface area (Å²) in [5.41, 5.74) is 3.04. The van der Waals surface area contributed by atoms with Gasteiger partial charge < -0.3 is 33.5 Å². The van der Waals surface area contributed by atoms with Crippen molar-refractivity contribution in [3.05, 3.63) is 150 Å². The molecule has 8 bridgehead atoms. The van der Waals surface area contributed by atoms with Gasteiger partial charge in [-0.2, -0.15) is 5.11 Å². The fraction of sp³-hybridized carbons (Fsp3) is 0.283. The van der Waals surface area contributed by atoms with Gasteiger partial charge >= 0.3 is 23.6 Å². The number of para-hydroxylation sites is 3. The summed E-state index contributed by atoms with van der Waals surface area (Å²) in [7, 11) is 0. The number of hydrogen-bond donors (Lipinski definition) is 1. The van der Waals surface area contributed by atoms with Gasteiger partial charge in [0.05, 0.1) is 41.4 Å². The number of hydrogen-bond acceptors (Lipinski definition) is 16. The van der Waals surface area contributed by atoms with Crippen LogP contribution in [0.4, 0.5) is 22.7 Å². The second-order valence-electron chi connectivity index (χ2n) is 14.2. The van der Waals surface area contributed by atoms with Crippen LogP contribution in [0, 0.1) is 20.2 Å². The van der Waals surface area contributed by atoms with Crippen LogP contribution in [-0.2, 0) is 54.3 Å². The molecule has 0 amide bonds. The molecule has 1 aliphatic carbocycles. The highest BCUT2D eigenvalue weighted by Gasteiger charge is 2.24. The van der Waals surface area contributed by atoms with E-state index in [0.29, 0.717) is 61.8 Å². The molecule has 0 unspecified atom stereocenters. The lowest BCUT2D eigenvalue weighted by atomic mass is 9.91. The molecule has 0 aliphatic heterocycles. The molecule has 0 fully saturated rings. The highest BCUT2D eigenvalue weighted by molar-refractivity contribution is 5.73. The van der Waals surface area contributed by atoms with Crippen molar-refractivity contribution in [2.75, 3.05) is 39.6 Å². The number of rotatable bonds is 16. The van der Waals surface area contributed by atoms with Crippen molar-refractivity contribution >= 4 is 40.7 Å². The Morgan fingerprint density at radius 1 is 0.547 bits per heavy atom. The number of nitro benzene ring substituents is 2. The first-order chi connectivity index (χ1) is 30.9. The van der Waals surface area contributed by atoms with Crippen LogP contribution in [0.25, 0.3) is 0 Å². The van der Waals surface area contributed by atoms with Crippen molar-refractivity contribution < 1.29 is 57.8 Å². The topological polar surface area (TPSA) is 238 Å². The lowest BCUT2D eigenvalue weighted by molar-refractivity contribution is -0.393. The highest BCUT2D eigenvalue weighted by Crippen LogP contribution is 2.41. The van der Waals surface area contributed by atoms with E-state index < -0.39 is 52.3 Å². The third kappa shape index (κ3) is 11.3. The lowest BCUT2D eigenvalue weighted by Crippen LogP contribution is -2.18. The first kappa shape index (κ1) is 45.6. The number of aromatic hydroxyl groups is 1. The summed E-state index contributed by atoms with van der Waals surface area (Å²) in [5, 5.41) is 43.8. The van der Waals surface area contributed by atoms with Gasteiger partial charge in [0, 0.05) is 42.9 Å². The molecule has 0 aromatic heterocycles. The summed E-state index contributed by atoms with van der Waals surface area (Å²) in [6, 6.07) is 22.3. The number of non-ortho nitro benzene ring substituents is 1. The molecule has 0 radical (unpaired) electrons. The molecule has 0 atom stereocenters. The average Bonchev–Trinajstić information content (AvgIpc) is 3.26. The number of phenols is 1. The molecule has 0 heterocycles. The quantitative estimate of drug-likeness (QED) is 0.0318. The predicted octanol–water partition coefficient (Wildman–Crippen LogP) is 8.13. The molecular weight excluding hydrogens is 833 g/mol. The van der Waals surface area contributed by atoms with Gasteiger partial charge in [0.25, 0.3) is 5.69 Å². The van der Waals surface area contributed by atoms with Crippen molar-refractivity contribution in [1.82, 2.24) is 0 Å². The Kier molecular flexibility index (Phi) is 15.2. The monoisotopic (exact) mass is 876 g/mol. The van der Waals surface area contributed by atoms with E-state index in [2.05, 4.69) is 10.2 Å². The van der Waals surface area contributed by atoms with Gasteiger partial charge in [-0.1, -0.05) is 54.6 Å². The van der Waals surface area contributed by atoms with Crippen LogP contribution in [0.1, 0.15) is 65.3 Å². The number of esters is 3. The standard InChI is InChI=1S/C46H44N4O14/c1-4-59-40(51)25-62-44-28-10-7-11-29(44)19-31-13-9-15-33(46(31)64-27-42(53)61-6-3)21-35-23-36(47-48-38-17-16-37(49(55)56)24-39(38)50(57)58)22-34(43(35)54)20-32-14-8-12-30(18-28)45(32)63-26-41(52)60-5-2/h7-17,22-24,54H,4-6,18-21,25-27H2,1-3H3. The van der Waals surface area contributed by atoms with Crippen LogP contribution in [-0.4, -0.2) is 72.5 Å². The smallest absolute Gasteiger partial charge is 0.344 e. The molecular formula is C46H44N4O14. The predicted molar refractivity (Wildman–Crippen MR) is 229 cm³/mol. The SMILES string of the molecule is CCOC(=O)COc1c2cccc1Cc1cccc(c1OCC(=O)OCC)Cc1cccc(c1OCC(=O)OCC)Cc1cc(N=Nc3ccc([N+](=O)[O-])cc3[N+](=O)[O-])cc(c1O)C2. The van der Waals surface area contributed by atoms with Crippen molar-refractivity contribution in [3.63, 3.8) is 0 Å². The maximum absolute atomic E-state index is 12.7. The van der Waals surface area contributed by atoms with E-state index in [1.54, 1.807) is 45.0 Å². The van der Waals surface area contributed by atoms with Gasteiger partial charge in [-0.15, -0.1) is 5.11 Å². The maximum Gasteiger partial charge on any atom is 0.344 e. The molecule has 1 N–H and O–H groups in total. The maximum atomic E-state index is 12.7. The Balaban J connectivity index is 1.56. The summed E-state index contributed by atoms with van der Waals surface area (Å²) in [5.74, 6) is -0.899. The summed E-state index contributed by atoms with van der Waals surface area (Å²) in [6.07, 6.45) is 0.377. The first-order valence-corrected chi connectivity index (χ1v) is 20.3. The number of fused-ring (bicyclic) bond motifs is 8. The number of phenolic OH excluding ortho intramolecular Hbond substituents is 1. The van der Waals surface area contributed by atoms with Crippen molar-refractivity contribution in [1.29, 1.82) is 0 Å². The van der Waals surface area contributed by atoms with E-state index in [1.807, 2.05) is 30.3 Å². The molecule has 64 heavy (non-hydrogen) atoms. The summed E-state index contributed by atoms with van der Waals surface area (Å²) >= 11 is 0. The van der Waals surface area contributed by atoms with E-state index >= 15 is 0 Å². The number of carbonyl (C=O) groups is 3. The molecule has 0 saturated heterocycles. The third-order valence-electron chi connectivity index (χ3n) is 9.87. The minimum Gasteiger partial charge on any atom is -0.507 e. The zero-order chi connectivity index (χ0) is 45.8. The number of carbonyl (C=O) groups excluding carboxylic acids is 3. The molecule has 5 aromatic rings. The van der Waals surface area contributed by atoms with Gasteiger partial charge in [-0.3, -0.25) is 20.2 Å². The average molecular weight is 877 g/mol. The van der Waals surface area contributed by atoms with Gasteiger partial charge in [-0.25, -0.2) is 14.4 Å². The van der Waals surface area contributed by atoms with Crippen LogP contribution in [0.5, 0.6) is 23.0 Å². The minimum absolute atomic E-state index is 0.00435. The second-order valence-corrected chi connectivity index (χ2v) is 14.2. The van der Waals surface area contributed by atoms with Gasteiger partial charge in [0.2, 0.25) is 0 Å². The molecule has 0 spiro atoms. The van der Waals surface area contributed by atoms with Crippen molar-refractivity contribution in [2.24, 2.45) is 10.2 Å². The third-order valence-corrected chi connectivity index (χ3v) is 9.87. The number of nitro groups is 2. The first-order valence-electron chi connectivity index (χ1n) is 20.3. The van der Waals surface area contributed by atoms with Gasteiger partial charge in [-0.05, 0) is 72.4 Å². The van der Waals surface area contributed by atoms with Crippen LogP contribution in [0.3, 0.4) is 0 Å².